The molecule has 0 aromatic heterocycles. The van der Waals surface area contributed by atoms with Crippen LogP contribution in [0.2, 0.25) is 0 Å². The highest BCUT2D eigenvalue weighted by molar-refractivity contribution is 7.85. The third kappa shape index (κ3) is 2.98. The van der Waals surface area contributed by atoms with Gasteiger partial charge in [-0.25, -0.2) is 0 Å². The summed E-state index contributed by atoms with van der Waals surface area (Å²) in [6.07, 6.45) is 3.76. The second-order valence-corrected chi connectivity index (χ2v) is 5.21. The normalized spacial score (nSPS) is 21.2. The maximum atomic E-state index is 10.5. The van der Waals surface area contributed by atoms with Crippen LogP contribution >= 0.6 is 0 Å². The van der Waals surface area contributed by atoms with Crippen molar-refractivity contribution < 1.29 is 13.0 Å². The molecule has 74 valence electrons. The van der Waals surface area contributed by atoms with E-state index < -0.39 is 15.5 Å². The summed E-state index contributed by atoms with van der Waals surface area (Å²) in [7, 11) is -3.91. The molecular weight excluding hydrogens is 190 g/mol. The first-order valence-corrected chi connectivity index (χ1v) is 5.95. The summed E-state index contributed by atoms with van der Waals surface area (Å²) in [6, 6.07) is 2.17. The first kappa shape index (κ1) is 10.5. The van der Waals surface area contributed by atoms with Crippen molar-refractivity contribution in [3.05, 3.63) is 0 Å². The molecule has 4 nitrogen and oxygen atoms in total. The Morgan fingerprint density at radius 1 is 1.38 bits per heavy atom. The van der Waals surface area contributed by atoms with Gasteiger partial charge in [0.15, 0.2) is 0 Å². The largest absolute Gasteiger partial charge is 0.286 e. The predicted molar refractivity (Wildman–Crippen MR) is 47.5 cm³/mol. The second kappa shape index (κ2) is 3.64. The first-order valence-electron chi connectivity index (χ1n) is 4.34. The van der Waals surface area contributed by atoms with Crippen molar-refractivity contribution in [3.8, 4) is 6.07 Å². The lowest BCUT2D eigenvalue weighted by molar-refractivity contribution is 0.386. The minimum absolute atomic E-state index is 0.266. The highest BCUT2D eigenvalue weighted by Crippen LogP contribution is 2.40. The summed E-state index contributed by atoms with van der Waals surface area (Å²) in [5, 5.41) is 8.89. The Kier molecular flexibility index (Phi) is 2.94. The second-order valence-electron chi connectivity index (χ2n) is 3.64. The maximum absolute atomic E-state index is 10.5. The zero-order valence-corrected chi connectivity index (χ0v) is 8.18. The zero-order chi connectivity index (χ0) is 9.95. The SMILES string of the molecule is N#CC1(CCS(=O)(=O)O)CCCC1. The first-order chi connectivity index (χ1) is 5.97. The van der Waals surface area contributed by atoms with Gasteiger partial charge in [-0.1, -0.05) is 12.8 Å². The van der Waals surface area contributed by atoms with Gasteiger partial charge in [0.2, 0.25) is 0 Å². The van der Waals surface area contributed by atoms with Crippen LogP contribution in [-0.2, 0) is 10.1 Å². The molecule has 0 aliphatic heterocycles. The van der Waals surface area contributed by atoms with E-state index in [9.17, 15) is 8.42 Å². The Balaban J connectivity index is 2.56. The van der Waals surface area contributed by atoms with E-state index in [1.54, 1.807) is 0 Å². The van der Waals surface area contributed by atoms with Crippen molar-refractivity contribution in [3.63, 3.8) is 0 Å². The molecule has 1 rings (SSSR count). The molecule has 0 heterocycles. The van der Waals surface area contributed by atoms with E-state index in [-0.39, 0.29) is 12.2 Å². The molecular formula is C8H13NO3S. The van der Waals surface area contributed by atoms with Crippen LogP contribution in [-0.4, -0.2) is 18.7 Å². The molecule has 1 fully saturated rings. The van der Waals surface area contributed by atoms with Gasteiger partial charge in [-0.3, -0.25) is 4.55 Å². The molecule has 5 heteroatoms. The Hall–Kier alpha value is -0.600. The predicted octanol–water partition coefficient (Wildman–Crippen LogP) is 1.35. The van der Waals surface area contributed by atoms with E-state index >= 15 is 0 Å². The molecule has 0 spiro atoms. The van der Waals surface area contributed by atoms with Gasteiger partial charge in [-0.2, -0.15) is 13.7 Å². The highest BCUT2D eigenvalue weighted by atomic mass is 32.2. The van der Waals surface area contributed by atoms with E-state index in [1.165, 1.54) is 0 Å². The third-order valence-electron chi connectivity index (χ3n) is 2.64. The standard InChI is InChI=1S/C8H13NO3S/c9-7-8(3-1-2-4-8)5-6-13(10,11)12/h1-6H2,(H,10,11,12). The molecule has 1 saturated carbocycles. The summed E-state index contributed by atoms with van der Waals surface area (Å²) >= 11 is 0. The fraction of sp³-hybridized carbons (Fsp3) is 0.875. The molecule has 1 aliphatic rings. The molecule has 0 unspecified atom stereocenters. The molecule has 1 N–H and O–H groups in total. The highest BCUT2D eigenvalue weighted by Gasteiger charge is 2.34. The van der Waals surface area contributed by atoms with Crippen LogP contribution < -0.4 is 0 Å². The minimum Gasteiger partial charge on any atom is -0.286 e. The number of nitriles is 1. The summed E-state index contributed by atoms with van der Waals surface area (Å²) in [5.41, 5.74) is -0.490. The maximum Gasteiger partial charge on any atom is 0.264 e. The molecule has 0 bridgehead atoms. The summed E-state index contributed by atoms with van der Waals surface area (Å²) < 4.78 is 29.5. The van der Waals surface area contributed by atoms with Crippen molar-refractivity contribution in [2.24, 2.45) is 5.41 Å². The zero-order valence-electron chi connectivity index (χ0n) is 7.36. The van der Waals surface area contributed by atoms with Gasteiger partial charge in [0.05, 0.1) is 17.2 Å². The minimum atomic E-state index is -3.91. The van der Waals surface area contributed by atoms with Crippen LogP contribution in [0.25, 0.3) is 0 Å². The van der Waals surface area contributed by atoms with Crippen LogP contribution in [0.3, 0.4) is 0 Å². The Labute approximate surface area is 78.3 Å². The average molecular weight is 203 g/mol. The van der Waals surface area contributed by atoms with Gasteiger partial charge in [0.1, 0.15) is 0 Å². The van der Waals surface area contributed by atoms with Gasteiger partial charge in [0, 0.05) is 0 Å². The lowest BCUT2D eigenvalue weighted by atomic mass is 9.85. The van der Waals surface area contributed by atoms with E-state index in [0.29, 0.717) is 0 Å². The molecule has 0 atom stereocenters. The topological polar surface area (TPSA) is 78.2 Å². The molecule has 1 aliphatic carbocycles. The molecule has 0 amide bonds. The van der Waals surface area contributed by atoms with E-state index in [1.807, 2.05) is 0 Å². The quantitative estimate of drug-likeness (QED) is 0.702. The monoisotopic (exact) mass is 203 g/mol. The van der Waals surface area contributed by atoms with Crippen molar-refractivity contribution in [2.75, 3.05) is 5.75 Å². The van der Waals surface area contributed by atoms with Gasteiger partial charge in [0.25, 0.3) is 10.1 Å². The van der Waals surface area contributed by atoms with E-state index in [4.69, 9.17) is 9.81 Å². The Morgan fingerprint density at radius 3 is 2.31 bits per heavy atom. The van der Waals surface area contributed by atoms with E-state index in [0.717, 1.165) is 25.7 Å². The summed E-state index contributed by atoms with van der Waals surface area (Å²) in [4.78, 5) is 0. The number of rotatable bonds is 3. The molecule has 13 heavy (non-hydrogen) atoms. The van der Waals surface area contributed by atoms with E-state index in [2.05, 4.69) is 6.07 Å². The Morgan fingerprint density at radius 2 is 1.92 bits per heavy atom. The molecule has 0 radical (unpaired) electrons. The average Bonchev–Trinajstić information content (AvgIpc) is 2.49. The molecule has 0 saturated heterocycles. The fourth-order valence-corrected chi connectivity index (χ4v) is 2.44. The van der Waals surface area contributed by atoms with Gasteiger partial charge in [-0.15, -0.1) is 0 Å². The smallest absolute Gasteiger partial charge is 0.264 e. The lowest BCUT2D eigenvalue weighted by Crippen LogP contribution is -2.18. The van der Waals surface area contributed by atoms with Crippen molar-refractivity contribution >= 4 is 10.1 Å². The van der Waals surface area contributed by atoms with Gasteiger partial charge in [-0.05, 0) is 19.3 Å². The van der Waals surface area contributed by atoms with Crippen LogP contribution in [0.1, 0.15) is 32.1 Å². The fourth-order valence-electron chi connectivity index (χ4n) is 1.79. The van der Waals surface area contributed by atoms with Crippen molar-refractivity contribution in [2.45, 2.75) is 32.1 Å². The molecule has 0 aromatic carbocycles. The molecule has 0 aromatic rings. The number of nitrogens with zero attached hydrogens (tertiary/aromatic N) is 1. The third-order valence-corrected chi connectivity index (χ3v) is 3.36. The number of hydrogen-bond acceptors (Lipinski definition) is 3. The van der Waals surface area contributed by atoms with Crippen LogP contribution in [0, 0.1) is 16.7 Å². The lowest BCUT2D eigenvalue weighted by Gasteiger charge is -2.18. The van der Waals surface area contributed by atoms with Crippen LogP contribution in [0.5, 0.6) is 0 Å². The van der Waals surface area contributed by atoms with Crippen molar-refractivity contribution in [1.82, 2.24) is 0 Å². The van der Waals surface area contributed by atoms with Gasteiger partial charge < -0.3 is 0 Å². The van der Waals surface area contributed by atoms with Gasteiger partial charge >= 0.3 is 0 Å². The number of hydrogen-bond donors (Lipinski definition) is 1. The Bertz CT molecular complexity index is 309. The van der Waals surface area contributed by atoms with Crippen LogP contribution in [0.15, 0.2) is 0 Å². The summed E-state index contributed by atoms with van der Waals surface area (Å²) in [5.74, 6) is -0.291. The van der Waals surface area contributed by atoms with Crippen molar-refractivity contribution in [1.29, 1.82) is 5.26 Å². The summed E-state index contributed by atoms with van der Waals surface area (Å²) in [6.45, 7) is 0. The van der Waals surface area contributed by atoms with Crippen LogP contribution in [0.4, 0.5) is 0 Å².